The highest BCUT2D eigenvalue weighted by Gasteiger charge is 2.37. The van der Waals surface area contributed by atoms with Crippen LogP contribution in [0.15, 0.2) is 0 Å². The highest BCUT2D eigenvalue weighted by Crippen LogP contribution is 2.31. The Balaban J connectivity index is 2.41. The van der Waals surface area contributed by atoms with Crippen molar-refractivity contribution in [3.63, 3.8) is 0 Å². The molecule has 0 spiro atoms. The Kier molecular flexibility index (Phi) is 3.91. The summed E-state index contributed by atoms with van der Waals surface area (Å²) in [6.45, 7) is 7.21. The summed E-state index contributed by atoms with van der Waals surface area (Å²) in [5.41, 5.74) is 0.189. The standard InChI is InChI=1S/C11H20N2O/c1-11(2)7-10(8-12)9-13(11)5-4-6-14-3/h10H,4-7,9H2,1-3H3. The molecule has 0 aromatic rings. The van der Waals surface area contributed by atoms with Crippen LogP contribution in [0.1, 0.15) is 26.7 Å². The molecule has 1 aliphatic heterocycles. The maximum absolute atomic E-state index is 8.89. The maximum atomic E-state index is 8.89. The molecule has 0 aromatic carbocycles. The summed E-state index contributed by atoms with van der Waals surface area (Å²) < 4.78 is 5.03. The first-order valence-electron chi connectivity index (χ1n) is 5.24. The van der Waals surface area contributed by atoms with Gasteiger partial charge in [0.05, 0.1) is 12.0 Å². The monoisotopic (exact) mass is 196 g/mol. The topological polar surface area (TPSA) is 36.3 Å². The first kappa shape index (κ1) is 11.5. The lowest BCUT2D eigenvalue weighted by Crippen LogP contribution is -2.39. The summed E-state index contributed by atoms with van der Waals surface area (Å²) in [5, 5.41) is 8.89. The average molecular weight is 196 g/mol. The fourth-order valence-electron chi connectivity index (χ4n) is 2.19. The van der Waals surface area contributed by atoms with Crippen molar-refractivity contribution in [3.8, 4) is 6.07 Å². The maximum Gasteiger partial charge on any atom is 0.0670 e. The summed E-state index contributed by atoms with van der Waals surface area (Å²) in [7, 11) is 1.73. The van der Waals surface area contributed by atoms with Crippen LogP contribution in [0.25, 0.3) is 0 Å². The third-order valence-electron chi connectivity index (χ3n) is 3.00. The first-order chi connectivity index (χ1) is 6.60. The number of nitrogens with zero attached hydrogens (tertiary/aromatic N) is 2. The van der Waals surface area contributed by atoms with Gasteiger partial charge in [-0.25, -0.2) is 0 Å². The average Bonchev–Trinajstić information content (AvgIpc) is 2.42. The normalized spacial score (nSPS) is 26.3. The fraction of sp³-hybridized carbons (Fsp3) is 0.909. The van der Waals surface area contributed by atoms with E-state index in [1.54, 1.807) is 7.11 Å². The zero-order valence-electron chi connectivity index (χ0n) is 9.42. The van der Waals surface area contributed by atoms with E-state index in [0.717, 1.165) is 32.5 Å². The van der Waals surface area contributed by atoms with Crippen molar-refractivity contribution < 1.29 is 4.74 Å². The van der Waals surface area contributed by atoms with Crippen molar-refractivity contribution in [1.29, 1.82) is 5.26 Å². The van der Waals surface area contributed by atoms with Crippen molar-refractivity contribution in [2.24, 2.45) is 5.92 Å². The van der Waals surface area contributed by atoms with Crippen molar-refractivity contribution in [2.75, 3.05) is 26.8 Å². The van der Waals surface area contributed by atoms with Crippen LogP contribution < -0.4 is 0 Å². The molecular formula is C11H20N2O. The Morgan fingerprint density at radius 2 is 2.29 bits per heavy atom. The smallest absolute Gasteiger partial charge is 0.0670 e. The van der Waals surface area contributed by atoms with Crippen molar-refractivity contribution >= 4 is 0 Å². The Bertz CT molecular complexity index is 220. The van der Waals surface area contributed by atoms with E-state index in [1.807, 2.05) is 0 Å². The molecule has 1 atom stereocenters. The lowest BCUT2D eigenvalue weighted by molar-refractivity contribution is 0.138. The molecule has 0 bridgehead atoms. The van der Waals surface area contributed by atoms with E-state index < -0.39 is 0 Å². The third-order valence-corrected chi connectivity index (χ3v) is 3.00. The van der Waals surface area contributed by atoms with Gasteiger partial charge in [-0.15, -0.1) is 0 Å². The van der Waals surface area contributed by atoms with E-state index in [2.05, 4.69) is 24.8 Å². The summed E-state index contributed by atoms with van der Waals surface area (Å²) in [6, 6.07) is 2.37. The summed E-state index contributed by atoms with van der Waals surface area (Å²) in [6.07, 6.45) is 2.05. The SMILES string of the molecule is COCCCN1CC(C#N)CC1(C)C. The molecule has 0 saturated carbocycles. The zero-order valence-corrected chi connectivity index (χ0v) is 9.42. The van der Waals surface area contributed by atoms with Gasteiger partial charge in [-0.3, -0.25) is 4.90 Å². The van der Waals surface area contributed by atoms with Gasteiger partial charge in [0, 0.05) is 32.3 Å². The molecule has 14 heavy (non-hydrogen) atoms. The minimum atomic E-state index is 0.189. The van der Waals surface area contributed by atoms with Crippen LogP contribution in [0.3, 0.4) is 0 Å². The number of hydrogen-bond donors (Lipinski definition) is 0. The first-order valence-corrected chi connectivity index (χ1v) is 5.24. The van der Waals surface area contributed by atoms with Crippen LogP contribution in [0.5, 0.6) is 0 Å². The van der Waals surface area contributed by atoms with Gasteiger partial charge in [-0.1, -0.05) is 0 Å². The molecule has 1 saturated heterocycles. The van der Waals surface area contributed by atoms with Gasteiger partial charge in [0.2, 0.25) is 0 Å². The van der Waals surface area contributed by atoms with E-state index in [1.165, 1.54) is 0 Å². The van der Waals surface area contributed by atoms with Gasteiger partial charge in [-0.2, -0.15) is 5.26 Å². The molecule has 1 heterocycles. The largest absolute Gasteiger partial charge is 0.385 e. The molecule has 1 aliphatic rings. The Morgan fingerprint density at radius 3 is 2.79 bits per heavy atom. The Hall–Kier alpha value is -0.590. The molecule has 1 unspecified atom stereocenters. The van der Waals surface area contributed by atoms with Gasteiger partial charge < -0.3 is 4.74 Å². The van der Waals surface area contributed by atoms with Gasteiger partial charge in [0.15, 0.2) is 0 Å². The summed E-state index contributed by atoms with van der Waals surface area (Å²) >= 11 is 0. The van der Waals surface area contributed by atoms with Crippen molar-refractivity contribution in [1.82, 2.24) is 4.90 Å². The molecule has 3 heteroatoms. The number of hydrogen-bond acceptors (Lipinski definition) is 3. The Morgan fingerprint density at radius 1 is 1.57 bits per heavy atom. The van der Waals surface area contributed by atoms with E-state index in [-0.39, 0.29) is 11.5 Å². The van der Waals surface area contributed by atoms with Gasteiger partial charge in [-0.05, 0) is 26.7 Å². The van der Waals surface area contributed by atoms with E-state index in [0.29, 0.717) is 0 Å². The van der Waals surface area contributed by atoms with Crippen LogP contribution in [-0.4, -0.2) is 37.2 Å². The highest BCUT2D eigenvalue weighted by molar-refractivity contribution is 5.00. The predicted octanol–water partition coefficient (Wildman–Crippen LogP) is 1.65. The second-order valence-electron chi connectivity index (χ2n) is 4.63. The fourth-order valence-corrected chi connectivity index (χ4v) is 2.19. The molecule has 0 aliphatic carbocycles. The Labute approximate surface area is 86.6 Å². The second-order valence-corrected chi connectivity index (χ2v) is 4.63. The number of nitriles is 1. The van der Waals surface area contributed by atoms with Crippen LogP contribution in [0, 0.1) is 17.2 Å². The van der Waals surface area contributed by atoms with Crippen LogP contribution >= 0.6 is 0 Å². The predicted molar refractivity (Wildman–Crippen MR) is 55.9 cm³/mol. The summed E-state index contributed by atoms with van der Waals surface area (Å²) in [5.74, 6) is 0.215. The van der Waals surface area contributed by atoms with E-state index in [9.17, 15) is 0 Å². The molecule has 3 nitrogen and oxygen atoms in total. The van der Waals surface area contributed by atoms with Gasteiger partial charge in [0.25, 0.3) is 0 Å². The van der Waals surface area contributed by atoms with Gasteiger partial charge >= 0.3 is 0 Å². The number of likely N-dealkylation sites (tertiary alicyclic amines) is 1. The molecule has 0 aromatic heterocycles. The third kappa shape index (κ3) is 2.70. The molecule has 0 radical (unpaired) electrons. The lowest BCUT2D eigenvalue weighted by Gasteiger charge is -2.31. The minimum absolute atomic E-state index is 0.189. The highest BCUT2D eigenvalue weighted by atomic mass is 16.5. The zero-order chi connectivity index (χ0) is 10.6. The number of methoxy groups -OCH3 is 1. The van der Waals surface area contributed by atoms with E-state index >= 15 is 0 Å². The number of rotatable bonds is 4. The quantitative estimate of drug-likeness (QED) is 0.641. The molecule has 0 N–H and O–H groups in total. The second kappa shape index (κ2) is 4.77. The van der Waals surface area contributed by atoms with Crippen LogP contribution in [0.2, 0.25) is 0 Å². The van der Waals surface area contributed by atoms with Gasteiger partial charge in [0.1, 0.15) is 0 Å². The van der Waals surface area contributed by atoms with Crippen molar-refractivity contribution in [2.45, 2.75) is 32.2 Å². The summed E-state index contributed by atoms with van der Waals surface area (Å²) in [4.78, 5) is 2.40. The minimum Gasteiger partial charge on any atom is -0.385 e. The molecule has 1 fully saturated rings. The van der Waals surface area contributed by atoms with E-state index in [4.69, 9.17) is 10.00 Å². The lowest BCUT2D eigenvalue weighted by atomic mass is 9.97. The molecule has 1 rings (SSSR count). The molecule has 80 valence electrons. The van der Waals surface area contributed by atoms with Crippen molar-refractivity contribution in [3.05, 3.63) is 0 Å². The molecular weight excluding hydrogens is 176 g/mol. The van der Waals surface area contributed by atoms with Crippen LogP contribution in [-0.2, 0) is 4.74 Å². The van der Waals surface area contributed by atoms with Crippen LogP contribution in [0.4, 0.5) is 0 Å². The molecule has 0 amide bonds. The number of ether oxygens (including phenoxy) is 1.